The number of alkyl halides is 1. The van der Waals surface area contributed by atoms with E-state index in [1.54, 1.807) is 0 Å². The molecule has 1 aliphatic rings. The maximum atomic E-state index is 10.8. The number of hydrogen-bond donors (Lipinski definition) is 1. The summed E-state index contributed by atoms with van der Waals surface area (Å²) in [5, 5.41) is 3.30. The molecule has 0 unspecified atom stereocenters. The third-order valence-corrected chi connectivity index (χ3v) is 3.84. The van der Waals surface area contributed by atoms with Crippen LogP contribution in [0.1, 0.15) is 19.3 Å². The molecule has 0 atom stereocenters. The molecule has 0 aromatic carbocycles. The van der Waals surface area contributed by atoms with Crippen LogP contribution >= 0.6 is 11.6 Å². The minimum Gasteiger partial charge on any atom is -0.310 e. The first-order valence-corrected chi connectivity index (χ1v) is 7.06. The fourth-order valence-electron chi connectivity index (χ4n) is 1.20. The summed E-state index contributed by atoms with van der Waals surface area (Å²) in [6.07, 6.45) is 4.18. The highest BCUT2D eigenvalue weighted by Crippen LogP contribution is 2.36. The lowest BCUT2D eigenvalue weighted by atomic mass is 10.3. The molecule has 0 amide bonds. The molecule has 1 rings (SSSR count). The van der Waals surface area contributed by atoms with Crippen LogP contribution in [-0.4, -0.2) is 38.4 Å². The summed E-state index contributed by atoms with van der Waals surface area (Å²) in [6, 6.07) is 0. The molecule has 0 saturated heterocycles. The molecule has 0 aromatic rings. The average molecular weight is 226 g/mol. The zero-order chi connectivity index (χ0) is 9.95. The first-order valence-electron chi connectivity index (χ1n) is 4.46. The van der Waals surface area contributed by atoms with Crippen molar-refractivity contribution < 1.29 is 8.42 Å². The van der Waals surface area contributed by atoms with E-state index in [0.717, 1.165) is 19.4 Å². The van der Waals surface area contributed by atoms with Crippen LogP contribution in [0.25, 0.3) is 0 Å². The van der Waals surface area contributed by atoms with Gasteiger partial charge in [0.2, 0.25) is 0 Å². The van der Waals surface area contributed by atoms with Gasteiger partial charge < -0.3 is 5.32 Å². The van der Waals surface area contributed by atoms with Crippen molar-refractivity contribution in [2.75, 3.05) is 24.4 Å². The molecule has 3 nitrogen and oxygen atoms in total. The van der Waals surface area contributed by atoms with Crippen molar-refractivity contribution in [3.05, 3.63) is 0 Å². The lowest BCUT2D eigenvalue weighted by molar-refractivity contribution is 0.537. The molecule has 1 saturated carbocycles. The highest BCUT2D eigenvalue weighted by molar-refractivity contribution is 7.90. The molecule has 1 aliphatic carbocycles. The molecule has 13 heavy (non-hydrogen) atoms. The van der Waals surface area contributed by atoms with Crippen LogP contribution in [0.5, 0.6) is 0 Å². The first-order chi connectivity index (χ1) is 5.97. The zero-order valence-electron chi connectivity index (χ0n) is 7.85. The van der Waals surface area contributed by atoms with Gasteiger partial charge in [-0.3, -0.25) is 0 Å². The zero-order valence-corrected chi connectivity index (χ0v) is 9.42. The van der Waals surface area contributed by atoms with E-state index in [4.69, 9.17) is 11.6 Å². The Hall–Kier alpha value is 0.200. The predicted octanol–water partition coefficient (Wildman–Crippen LogP) is 0.782. The van der Waals surface area contributed by atoms with Gasteiger partial charge in [-0.15, -0.1) is 11.6 Å². The van der Waals surface area contributed by atoms with Gasteiger partial charge in [-0.25, -0.2) is 8.42 Å². The second kappa shape index (κ2) is 4.15. The van der Waals surface area contributed by atoms with Crippen molar-refractivity contribution in [2.24, 2.45) is 0 Å². The summed E-state index contributed by atoms with van der Waals surface area (Å²) >= 11 is 5.74. The van der Waals surface area contributed by atoms with Crippen molar-refractivity contribution in [3.63, 3.8) is 0 Å². The number of sulfone groups is 1. The molecule has 0 spiro atoms. The Morgan fingerprint density at radius 3 is 2.46 bits per heavy atom. The second-order valence-electron chi connectivity index (χ2n) is 3.82. The van der Waals surface area contributed by atoms with E-state index in [2.05, 4.69) is 5.32 Å². The molecule has 1 fully saturated rings. The van der Waals surface area contributed by atoms with Crippen molar-refractivity contribution in [3.8, 4) is 0 Å². The summed E-state index contributed by atoms with van der Waals surface area (Å²) < 4.78 is 21.6. The lowest BCUT2D eigenvalue weighted by Crippen LogP contribution is -2.34. The fraction of sp³-hybridized carbons (Fsp3) is 1.00. The van der Waals surface area contributed by atoms with Crippen molar-refractivity contribution in [1.82, 2.24) is 5.32 Å². The fourth-order valence-corrected chi connectivity index (χ4v) is 2.23. The topological polar surface area (TPSA) is 46.2 Å². The number of nitrogens with one attached hydrogen (secondary N) is 1. The molecular formula is C8H16ClNO2S. The van der Waals surface area contributed by atoms with E-state index in [1.807, 2.05) is 0 Å². The maximum absolute atomic E-state index is 10.8. The quantitative estimate of drug-likeness (QED) is 0.537. The Balaban J connectivity index is 2.08. The summed E-state index contributed by atoms with van der Waals surface area (Å²) in [5.41, 5.74) is 0.138. The third kappa shape index (κ3) is 4.29. The van der Waals surface area contributed by atoms with Gasteiger partial charge in [-0.1, -0.05) is 0 Å². The lowest BCUT2D eigenvalue weighted by Gasteiger charge is -2.12. The molecule has 0 aliphatic heterocycles. The van der Waals surface area contributed by atoms with Gasteiger partial charge >= 0.3 is 0 Å². The van der Waals surface area contributed by atoms with Gasteiger partial charge in [0, 0.05) is 17.7 Å². The minimum absolute atomic E-state index is 0.138. The monoisotopic (exact) mass is 225 g/mol. The third-order valence-electron chi connectivity index (χ3n) is 2.30. The molecule has 0 aromatic heterocycles. The maximum Gasteiger partial charge on any atom is 0.147 e. The van der Waals surface area contributed by atoms with E-state index in [9.17, 15) is 8.42 Å². The van der Waals surface area contributed by atoms with Crippen LogP contribution in [0.15, 0.2) is 0 Å². The van der Waals surface area contributed by atoms with Crippen LogP contribution in [0.4, 0.5) is 0 Å². The largest absolute Gasteiger partial charge is 0.310 e. The Bertz CT molecular complexity index is 259. The van der Waals surface area contributed by atoms with Crippen LogP contribution in [0.3, 0.4) is 0 Å². The second-order valence-corrected chi connectivity index (χ2v) is 6.35. The van der Waals surface area contributed by atoms with Crippen LogP contribution in [0, 0.1) is 0 Å². The Labute approximate surface area is 84.8 Å². The van der Waals surface area contributed by atoms with Gasteiger partial charge in [-0.2, -0.15) is 0 Å². The Morgan fingerprint density at radius 2 is 2.08 bits per heavy atom. The molecule has 0 radical (unpaired) electrons. The molecule has 1 N–H and O–H groups in total. The van der Waals surface area contributed by atoms with Crippen LogP contribution in [0.2, 0.25) is 0 Å². The van der Waals surface area contributed by atoms with Gasteiger partial charge in [0.15, 0.2) is 0 Å². The summed E-state index contributed by atoms with van der Waals surface area (Å²) in [7, 11) is -2.80. The Morgan fingerprint density at radius 1 is 1.46 bits per heavy atom. The van der Waals surface area contributed by atoms with Crippen LogP contribution < -0.4 is 5.32 Å². The SMILES string of the molecule is CS(=O)(=O)CCCNC1(CCl)CC1. The molecule has 0 heterocycles. The van der Waals surface area contributed by atoms with E-state index in [-0.39, 0.29) is 11.3 Å². The average Bonchev–Trinajstić information content (AvgIpc) is 2.78. The highest BCUT2D eigenvalue weighted by atomic mass is 35.5. The molecule has 78 valence electrons. The minimum atomic E-state index is -2.80. The van der Waals surface area contributed by atoms with Crippen molar-refractivity contribution in [2.45, 2.75) is 24.8 Å². The molecule has 0 bridgehead atoms. The van der Waals surface area contributed by atoms with Gasteiger partial charge in [-0.05, 0) is 25.8 Å². The van der Waals surface area contributed by atoms with E-state index in [1.165, 1.54) is 6.26 Å². The number of hydrogen-bond acceptors (Lipinski definition) is 3. The standard InChI is InChI=1S/C8H16ClNO2S/c1-13(11,12)6-2-5-10-8(7-9)3-4-8/h10H,2-7H2,1H3. The normalized spacial score (nSPS) is 20.2. The van der Waals surface area contributed by atoms with Gasteiger partial charge in [0.1, 0.15) is 9.84 Å². The van der Waals surface area contributed by atoms with Gasteiger partial charge in [0.25, 0.3) is 0 Å². The summed E-state index contributed by atoms with van der Waals surface area (Å²) in [6.45, 7) is 0.750. The first kappa shape index (κ1) is 11.3. The van der Waals surface area contributed by atoms with E-state index < -0.39 is 9.84 Å². The van der Waals surface area contributed by atoms with Gasteiger partial charge in [0.05, 0.1) is 5.75 Å². The molecular weight excluding hydrogens is 210 g/mol. The van der Waals surface area contributed by atoms with E-state index in [0.29, 0.717) is 12.3 Å². The number of halogens is 1. The summed E-state index contributed by atoms with van der Waals surface area (Å²) in [4.78, 5) is 0. The predicted molar refractivity (Wildman–Crippen MR) is 55.0 cm³/mol. The van der Waals surface area contributed by atoms with E-state index >= 15 is 0 Å². The summed E-state index contributed by atoms with van der Waals surface area (Å²) in [5.74, 6) is 0.893. The Kier molecular flexibility index (Phi) is 3.60. The highest BCUT2D eigenvalue weighted by Gasteiger charge is 2.40. The molecule has 5 heteroatoms. The smallest absolute Gasteiger partial charge is 0.147 e. The van der Waals surface area contributed by atoms with Crippen molar-refractivity contribution >= 4 is 21.4 Å². The van der Waals surface area contributed by atoms with Crippen LogP contribution in [-0.2, 0) is 9.84 Å². The number of rotatable bonds is 6. The van der Waals surface area contributed by atoms with Crippen molar-refractivity contribution in [1.29, 1.82) is 0 Å².